The summed E-state index contributed by atoms with van der Waals surface area (Å²) < 4.78 is -1.08. The van der Waals surface area contributed by atoms with Gasteiger partial charge in [0.1, 0.15) is 11.5 Å². The Hall–Kier alpha value is -0.510. The van der Waals surface area contributed by atoms with E-state index in [0.717, 1.165) is 0 Å². The van der Waals surface area contributed by atoms with E-state index in [9.17, 15) is 0 Å². The fraction of sp³-hybridized carbons (Fsp3) is 0.143. The molecule has 0 spiro atoms. The first kappa shape index (κ1) is 20.5. The first-order valence-electron chi connectivity index (χ1n) is 5.53. The quantitative estimate of drug-likeness (QED) is 0.506. The lowest BCUT2D eigenvalue weighted by Crippen LogP contribution is -1.87. The molecule has 21 heavy (non-hydrogen) atoms. The van der Waals surface area contributed by atoms with Crippen LogP contribution >= 0.6 is 58.0 Å². The van der Waals surface area contributed by atoms with Crippen molar-refractivity contribution in [2.45, 2.75) is 10.7 Å². The minimum atomic E-state index is -1.08. The molecule has 0 aliphatic heterocycles. The molecule has 0 amide bonds. The van der Waals surface area contributed by atoms with Gasteiger partial charge >= 0.3 is 0 Å². The van der Waals surface area contributed by atoms with Crippen LogP contribution in [0, 0.1) is 0 Å². The summed E-state index contributed by atoms with van der Waals surface area (Å²) in [6.07, 6.45) is 0. The Morgan fingerprint density at radius 2 is 0.857 bits per heavy atom. The molecule has 0 bridgehead atoms. The molecule has 2 rings (SSSR count). The fourth-order valence-corrected chi connectivity index (χ4v) is 1.13. The van der Waals surface area contributed by atoms with Crippen LogP contribution in [0.4, 0.5) is 0 Å². The fourth-order valence-electron chi connectivity index (χ4n) is 0.882. The van der Waals surface area contributed by atoms with Crippen molar-refractivity contribution in [3.8, 4) is 11.5 Å². The van der Waals surface area contributed by atoms with E-state index in [1.165, 1.54) is 6.92 Å². The van der Waals surface area contributed by atoms with Gasteiger partial charge in [0, 0.05) is 10.0 Å². The number of alkyl halides is 3. The summed E-state index contributed by atoms with van der Waals surface area (Å²) in [5.74, 6) is 0.490. The molecule has 0 heterocycles. The Balaban J connectivity index is 0.000000296. The van der Waals surface area contributed by atoms with Crippen molar-refractivity contribution in [3.63, 3.8) is 0 Å². The van der Waals surface area contributed by atoms with Crippen LogP contribution in [-0.4, -0.2) is 14.0 Å². The minimum absolute atomic E-state index is 0.245. The zero-order valence-corrected chi connectivity index (χ0v) is 14.7. The van der Waals surface area contributed by atoms with Crippen molar-refractivity contribution < 1.29 is 10.2 Å². The maximum Gasteiger partial charge on any atom is 0.187 e. The van der Waals surface area contributed by atoms with Crippen molar-refractivity contribution in [1.29, 1.82) is 0 Å². The molecular weight excluding hydrogens is 377 g/mol. The number of hydrogen-bond acceptors (Lipinski definition) is 2. The van der Waals surface area contributed by atoms with Gasteiger partial charge in [-0.3, -0.25) is 0 Å². The Morgan fingerprint density at radius 3 is 1.00 bits per heavy atom. The number of halogens is 5. The molecule has 116 valence electrons. The SMILES string of the molecule is CC(Cl)(Cl)Cl.Oc1ccc(Cl)cc1.Oc1ccc(Cl)cc1. The molecular formula is C14H13Cl5O2. The van der Waals surface area contributed by atoms with Crippen LogP contribution in [0.25, 0.3) is 0 Å². The highest BCUT2D eigenvalue weighted by atomic mass is 35.6. The number of benzene rings is 2. The van der Waals surface area contributed by atoms with E-state index in [2.05, 4.69) is 0 Å². The topological polar surface area (TPSA) is 40.5 Å². The molecule has 0 unspecified atom stereocenters. The van der Waals surface area contributed by atoms with E-state index in [-0.39, 0.29) is 11.5 Å². The second-order valence-corrected chi connectivity index (χ2v) is 7.46. The van der Waals surface area contributed by atoms with Crippen LogP contribution in [0.2, 0.25) is 10.0 Å². The molecule has 0 aliphatic rings. The summed E-state index contributed by atoms with van der Waals surface area (Å²) in [7, 11) is 0. The van der Waals surface area contributed by atoms with Gasteiger partial charge in [-0.25, -0.2) is 0 Å². The Morgan fingerprint density at radius 1 is 0.667 bits per heavy atom. The van der Waals surface area contributed by atoms with Crippen LogP contribution in [0.3, 0.4) is 0 Å². The van der Waals surface area contributed by atoms with Crippen LogP contribution < -0.4 is 0 Å². The minimum Gasteiger partial charge on any atom is -0.508 e. The number of hydrogen-bond donors (Lipinski definition) is 2. The molecule has 2 aromatic rings. The second kappa shape index (κ2) is 10.3. The Bertz CT molecular complexity index is 415. The van der Waals surface area contributed by atoms with E-state index in [1.54, 1.807) is 48.5 Å². The van der Waals surface area contributed by atoms with Crippen molar-refractivity contribution in [2.24, 2.45) is 0 Å². The zero-order valence-electron chi connectivity index (χ0n) is 10.9. The van der Waals surface area contributed by atoms with Crippen molar-refractivity contribution in [2.75, 3.05) is 0 Å². The van der Waals surface area contributed by atoms with Crippen LogP contribution in [0.15, 0.2) is 48.5 Å². The molecule has 0 aromatic heterocycles. The van der Waals surface area contributed by atoms with Gasteiger partial charge in [-0.05, 0) is 55.5 Å². The van der Waals surface area contributed by atoms with E-state index in [1.807, 2.05) is 0 Å². The lowest BCUT2D eigenvalue weighted by atomic mass is 10.3. The van der Waals surface area contributed by atoms with Crippen molar-refractivity contribution in [1.82, 2.24) is 0 Å². The summed E-state index contributed by atoms with van der Waals surface area (Å²) in [6.45, 7) is 1.48. The van der Waals surface area contributed by atoms with E-state index < -0.39 is 3.79 Å². The van der Waals surface area contributed by atoms with Gasteiger partial charge in [-0.15, -0.1) is 0 Å². The monoisotopic (exact) mass is 388 g/mol. The van der Waals surface area contributed by atoms with Crippen LogP contribution in [0.1, 0.15) is 6.92 Å². The third kappa shape index (κ3) is 15.7. The average Bonchev–Trinajstić information content (AvgIpc) is 2.35. The predicted octanol–water partition coefficient (Wildman–Crippen LogP) is 6.47. The molecule has 7 heteroatoms. The summed E-state index contributed by atoms with van der Waals surface area (Å²) in [6, 6.07) is 12.7. The average molecular weight is 391 g/mol. The van der Waals surface area contributed by atoms with Crippen LogP contribution in [0.5, 0.6) is 11.5 Å². The highest BCUT2D eigenvalue weighted by Crippen LogP contribution is 2.23. The first-order chi connectivity index (χ1) is 9.58. The smallest absolute Gasteiger partial charge is 0.187 e. The lowest BCUT2D eigenvalue weighted by Gasteiger charge is -1.94. The van der Waals surface area contributed by atoms with Gasteiger partial charge in [-0.2, -0.15) is 0 Å². The van der Waals surface area contributed by atoms with E-state index in [0.29, 0.717) is 10.0 Å². The Labute approximate surface area is 148 Å². The third-order valence-corrected chi connectivity index (χ3v) is 2.16. The van der Waals surface area contributed by atoms with E-state index in [4.69, 9.17) is 68.2 Å². The molecule has 2 nitrogen and oxygen atoms in total. The van der Waals surface area contributed by atoms with Gasteiger partial charge in [0.2, 0.25) is 0 Å². The lowest BCUT2D eigenvalue weighted by molar-refractivity contribution is 0.475. The van der Waals surface area contributed by atoms with Crippen molar-refractivity contribution in [3.05, 3.63) is 58.6 Å². The van der Waals surface area contributed by atoms with Gasteiger partial charge in [0.15, 0.2) is 3.79 Å². The molecule has 2 aromatic carbocycles. The number of phenols is 2. The maximum atomic E-state index is 8.70. The number of phenolic OH excluding ortho intramolecular Hbond substituents is 2. The van der Waals surface area contributed by atoms with Gasteiger partial charge in [0.05, 0.1) is 0 Å². The standard InChI is InChI=1S/2C6H5ClO.C2H3Cl3/c2*7-5-1-3-6(8)4-2-5;1-2(3,4)5/h2*1-4,8H;1H3. The largest absolute Gasteiger partial charge is 0.508 e. The number of rotatable bonds is 0. The number of aromatic hydroxyl groups is 2. The third-order valence-electron chi connectivity index (χ3n) is 1.65. The normalized spacial score (nSPS) is 9.81. The molecule has 0 atom stereocenters. The Kier molecular flexibility index (Phi) is 10.0. The second-order valence-electron chi connectivity index (χ2n) is 3.73. The highest BCUT2D eigenvalue weighted by Gasteiger charge is 2.07. The summed E-state index contributed by atoms with van der Waals surface area (Å²) in [5.41, 5.74) is 0. The van der Waals surface area contributed by atoms with E-state index >= 15 is 0 Å². The van der Waals surface area contributed by atoms with Crippen LogP contribution in [-0.2, 0) is 0 Å². The summed E-state index contributed by atoms with van der Waals surface area (Å²) in [5, 5.41) is 18.7. The predicted molar refractivity (Wildman–Crippen MR) is 92.2 cm³/mol. The molecule has 0 saturated carbocycles. The summed E-state index contributed by atoms with van der Waals surface area (Å²) >= 11 is 26.2. The molecule has 0 radical (unpaired) electrons. The molecule has 2 N–H and O–H groups in total. The molecule has 0 aliphatic carbocycles. The van der Waals surface area contributed by atoms with Gasteiger partial charge in [-0.1, -0.05) is 58.0 Å². The van der Waals surface area contributed by atoms with Gasteiger partial charge < -0.3 is 10.2 Å². The molecule has 0 fully saturated rings. The van der Waals surface area contributed by atoms with Gasteiger partial charge in [0.25, 0.3) is 0 Å². The molecule has 0 saturated heterocycles. The highest BCUT2D eigenvalue weighted by molar-refractivity contribution is 6.67. The first-order valence-corrected chi connectivity index (χ1v) is 7.42. The maximum absolute atomic E-state index is 8.70. The summed E-state index contributed by atoms with van der Waals surface area (Å²) in [4.78, 5) is 0. The zero-order chi connectivity index (χ0) is 16.5. The van der Waals surface area contributed by atoms with Crippen molar-refractivity contribution >= 4 is 58.0 Å².